The molecule has 6 nitrogen and oxygen atoms in total. The third-order valence-electron chi connectivity index (χ3n) is 4.83. The standard InChI is InChI=1S/C23H31N3O3/c1-16-13-26(14-17(2)29-16)21-11-10-18(12-24-21)25-22(27)15-28-20-9-7-6-8-19(20)23(3,4)5/h6-12,16-17H,13-15H2,1-5H3,(H,25,27). The van der Waals surface area contributed by atoms with Gasteiger partial charge in [-0.3, -0.25) is 4.79 Å². The average Bonchev–Trinajstić information content (AvgIpc) is 2.66. The lowest BCUT2D eigenvalue weighted by Gasteiger charge is -2.36. The maximum atomic E-state index is 12.3. The second kappa shape index (κ2) is 8.82. The van der Waals surface area contributed by atoms with Crippen molar-refractivity contribution in [3.63, 3.8) is 0 Å². The number of anilines is 2. The number of carbonyl (C=O) groups is 1. The van der Waals surface area contributed by atoms with Gasteiger partial charge >= 0.3 is 0 Å². The summed E-state index contributed by atoms with van der Waals surface area (Å²) in [5.74, 6) is 1.41. The van der Waals surface area contributed by atoms with Crippen LogP contribution in [-0.4, -0.2) is 42.8 Å². The summed E-state index contributed by atoms with van der Waals surface area (Å²) in [6.07, 6.45) is 2.03. The number of morpholine rings is 1. The number of ether oxygens (including phenoxy) is 2. The van der Waals surface area contributed by atoms with Gasteiger partial charge in [0.2, 0.25) is 0 Å². The first-order chi connectivity index (χ1) is 13.7. The molecule has 0 saturated carbocycles. The quantitative estimate of drug-likeness (QED) is 0.826. The van der Waals surface area contributed by atoms with Crippen molar-refractivity contribution in [3.8, 4) is 5.75 Å². The van der Waals surface area contributed by atoms with E-state index in [0.29, 0.717) is 5.69 Å². The van der Waals surface area contributed by atoms with Crippen molar-refractivity contribution < 1.29 is 14.3 Å². The molecule has 156 valence electrons. The minimum atomic E-state index is -0.211. The monoisotopic (exact) mass is 397 g/mol. The Morgan fingerprint density at radius 2 is 1.86 bits per heavy atom. The Hall–Kier alpha value is -2.60. The SMILES string of the molecule is CC1CN(c2ccc(NC(=O)COc3ccccc3C(C)(C)C)cn2)CC(C)O1. The van der Waals surface area contributed by atoms with Crippen LogP contribution in [0.15, 0.2) is 42.6 Å². The number of hydrogen-bond acceptors (Lipinski definition) is 5. The molecule has 2 atom stereocenters. The lowest BCUT2D eigenvalue weighted by molar-refractivity contribution is -0.118. The normalized spacial score (nSPS) is 19.7. The summed E-state index contributed by atoms with van der Waals surface area (Å²) in [6, 6.07) is 11.6. The van der Waals surface area contributed by atoms with Gasteiger partial charge in [-0.25, -0.2) is 4.98 Å². The molecule has 1 aromatic heterocycles. The second-order valence-electron chi connectivity index (χ2n) is 8.65. The van der Waals surface area contributed by atoms with Crippen molar-refractivity contribution >= 4 is 17.4 Å². The Morgan fingerprint density at radius 1 is 1.17 bits per heavy atom. The topological polar surface area (TPSA) is 63.7 Å². The van der Waals surface area contributed by atoms with Crippen molar-refractivity contribution in [1.82, 2.24) is 4.98 Å². The summed E-state index contributed by atoms with van der Waals surface area (Å²) in [5.41, 5.74) is 1.68. The first kappa shape index (κ1) is 21.1. The number of nitrogens with zero attached hydrogens (tertiary/aromatic N) is 2. The summed E-state index contributed by atoms with van der Waals surface area (Å²) in [6.45, 7) is 12.1. The second-order valence-corrected chi connectivity index (χ2v) is 8.65. The van der Waals surface area contributed by atoms with Gasteiger partial charge in [0.05, 0.1) is 24.1 Å². The minimum absolute atomic E-state index is 0.0483. The van der Waals surface area contributed by atoms with Crippen LogP contribution in [-0.2, 0) is 14.9 Å². The van der Waals surface area contributed by atoms with E-state index >= 15 is 0 Å². The molecular formula is C23H31N3O3. The molecule has 6 heteroatoms. The Bertz CT molecular complexity index is 820. The lowest BCUT2D eigenvalue weighted by atomic mass is 9.86. The molecule has 2 unspecified atom stereocenters. The fraction of sp³-hybridized carbons (Fsp3) is 0.478. The summed E-state index contributed by atoms with van der Waals surface area (Å²) < 4.78 is 11.6. The summed E-state index contributed by atoms with van der Waals surface area (Å²) in [5, 5.41) is 2.85. The summed E-state index contributed by atoms with van der Waals surface area (Å²) >= 11 is 0. The zero-order chi connectivity index (χ0) is 21.0. The predicted octanol–water partition coefficient (Wildman–Crippen LogP) is 4.01. The number of rotatable bonds is 5. The highest BCUT2D eigenvalue weighted by atomic mass is 16.5. The molecule has 0 spiro atoms. The molecule has 29 heavy (non-hydrogen) atoms. The van der Waals surface area contributed by atoms with Crippen LogP contribution >= 0.6 is 0 Å². The van der Waals surface area contributed by atoms with Crippen molar-refractivity contribution in [1.29, 1.82) is 0 Å². The van der Waals surface area contributed by atoms with E-state index in [1.54, 1.807) is 6.20 Å². The van der Waals surface area contributed by atoms with E-state index < -0.39 is 0 Å². The fourth-order valence-electron chi connectivity index (χ4n) is 3.56. The molecule has 3 rings (SSSR count). The molecule has 1 fully saturated rings. The van der Waals surface area contributed by atoms with Gasteiger partial charge in [-0.05, 0) is 43.0 Å². The molecular weight excluding hydrogens is 366 g/mol. The van der Waals surface area contributed by atoms with E-state index in [9.17, 15) is 4.79 Å². The average molecular weight is 398 g/mol. The number of nitrogens with one attached hydrogen (secondary N) is 1. The zero-order valence-corrected chi connectivity index (χ0v) is 17.9. The Morgan fingerprint density at radius 3 is 2.48 bits per heavy atom. The molecule has 1 aliphatic heterocycles. The van der Waals surface area contributed by atoms with Gasteiger partial charge in [0.25, 0.3) is 5.91 Å². The van der Waals surface area contributed by atoms with Crippen LogP contribution in [0.3, 0.4) is 0 Å². The minimum Gasteiger partial charge on any atom is -0.483 e. The molecule has 0 radical (unpaired) electrons. The maximum Gasteiger partial charge on any atom is 0.262 e. The van der Waals surface area contributed by atoms with Crippen LogP contribution in [0.4, 0.5) is 11.5 Å². The number of carbonyl (C=O) groups excluding carboxylic acids is 1. The van der Waals surface area contributed by atoms with E-state index in [0.717, 1.165) is 30.2 Å². The van der Waals surface area contributed by atoms with Gasteiger partial charge in [0.15, 0.2) is 6.61 Å². The van der Waals surface area contributed by atoms with Crippen LogP contribution in [0.25, 0.3) is 0 Å². The molecule has 0 aliphatic carbocycles. The Balaban J connectivity index is 1.57. The Labute approximate surface area is 173 Å². The highest BCUT2D eigenvalue weighted by Gasteiger charge is 2.23. The molecule has 1 N–H and O–H groups in total. The van der Waals surface area contributed by atoms with Gasteiger partial charge in [-0.1, -0.05) is 39.0 Å². The third-order valence-corrected chi connectivity index (χ3v) is 4.83. The van der Waals surface area contributed by atoms with Gasteiger partial charge < -0.3 is 19.7 Å². The fourth-order valence-corrected chi connectivity index (χ4v) is 3.56. The molecule has 1 saturated heterocycles. The van der Waals surface area contributed by atoms with E-state index in [-0.39, 0.29) is 30.1 Å². The van der Waals surface area contributed by atoms with Crippen molar-refractivity contribution in [2.45, 2.75) is 52.2 Å². The number of amides is 1. The number of benzene rings is 1. The zero-order valence-electron chi connectivity index (χ0n) is 17.9. The van der Waals surface area contributed by atoms with Crippen molar-refractivity contribution in [2.24, 2.45) is 0 Å². The summed E-state index contributed by atoms with van der Waals surface area (Å²) in [4.78, 5) is 19.0. The van der Waals surface area contributed by atoms with E-state index in [2.05, 4.69) is 49.8 Å². The molecule has 1 aromatic carbocycles. The van der Waals surface area contributed by atoms with E-state index in [1.165, 1.54) is 0 Å². The van der Waals surface area contributed by atoms with Crippen molar-refractivity contribution in [2.75, 3.05) is 29.9 Å². The molecule has 1 aliphatic rings. The van der Waals surface area contributed by atoms with Crippen LogP contribution in [0.5, 0.6) is 5.75 Å². The first-order valence-electron chi connectivity index (χ1n) is 10.1. The van der Waals surface area contributed by atoms with Crippen LogP contribution in [0, 0.1) is 0 Å². The number of para-hydroxylation sites is 1. The van der Waals surface area contributed by atoms with E-state index in [1.807, 2.05) is 36.4 Å². The van der Waals surface area contributed by atoms with Crippen LogP contribution < -0.4 is 15.0 Å². The van der Waals surface area contributed by atoms with Gasteiger partial charge in [0.1, 0.15) is 11.6 Å². The number of aromatic nitrogens is 1. The van der Waals surface area contributed by atoms with Gasteiger partial charge in [0, 0.05) is 13.1 Å². The number of pyridine rings is 1. The molecule has 1 amide bonds. The smallest absolute Gasteiger partial charge is 0.262 e. The van der Waals surface area contributed by atoms with Crippen LogP contribution in [0.2, 0.25) is 0 Å². The molecule has 0 bridgehead atoms. The predicted molar refractivity (Wildman–Crippen MR) is 116 cm³/mol. The lowest BCUT2D eigenvalue weighted by Crippen LogP contribution is -2.45. The highest BCUT2D eigenvalue weighted by Crippen LogP contribution is 2.30. The largest absolute Gasteiger partial charge is 0.483 e. The van der Waals surface area contributed by atoms with Crippen molar-refractivity contribution in [3.05, 3.63) is 48.2 Å². The molecule has 2 aromatic rings. The first-order valence-corrected chi connectivity index (χ1v) is 10.1. The number of hydrogen-bond donors (Lipinski definition) is 1. The molecule has 2 heterocycles. The third kappa shape index (κ3) is 5.70. The highest BCUT2D eigenvalue weighted by molar-refractivity contribution is 5.91. The Kier molecular flexibility index (Phi) is 6.42. The maximum absolute atomic E-state index is 12.3. The van der Waals surface area contributed by atoms with Crippen LogP contribution in [0.1, 0.15) is 40.2 Å². The summed E-state index contributed by atoms with van der Waals surface area (Å²) in [7, 11) is 0. The van der Waals surface area contributed by atoms with E-state index in [4.69, 9.17) is 9.47 Å². The van der Waals surface area contributed by atoms with Gasteiger partial charge in [-0.15, -0.1) is 0 Å². The van der Waals surface area contributed by atoms with Gasteiger partial charge in [-0.2, -0.15) is 0 Å².